The zero-order valence-electron chi connectivity index (χ0n) is 12.1. The predicted octanol–water partition coefficient (Wildman–Crippen LogP) is 3.13. The normalized spacial score (nSPS) is 10.0. The first kappa shape index (κ1) is 14.8. The molecule has 0 atom stereocenters. The summed E-state index contributed by atoms with van der Waals surface area (Å²) in [6.45, 7) is 3.80. The molecule has 0 bridgehead atoms. The van der Waals surface area contributed by atoms with Crippen molar-refractivity contribution in [3.63, 3.8) is 0 Å². The zero-order valence-corrected chi connectivity index (χ0v) is 12.1. The molecule has 0 aromatic heterocycles. The summed E-state index contributed by atoms with van der Waals surface area (Å²) in [6, 6.07) is 12.6. The van der Waals surface area contributed by atoms with E-state index < -0.39 is 0 Å². The summed E-state index contributed by atoms with van der Waals surface area (Å²) >= 11 is 0. The summed E-state index contributed by atoms with van der Waals surface area (Å²) in [5, 5.41) is 2.78. The lowest BCUT2D eigenvalue weighted by molar-refractivity contribution is -0.118. The number of amides is 1. The minimum atomic E-state index is -0.263. The number of ether oxygens (including phenoxy) is 1. The number of carbonyl (C=O) groups excluding carboxylic acids is 2. The van der Waals surface area contributed by atoms with Gasteiger partial charge in [0.2, 0.25) is 0 Å². The van der Waals surface area contributed by atoms with Gasteiger partial charge in [0.25, 0.3) is 5.91 Å². The highest BCUT2D eigenvalue weighted by atomic mass is 16.5. The van der Waals surface area contributed by atoms with Crippen LogP contribution in [0.1, 0.15) is 21.5 Å². The van der Waals surface area contributed by atoms with E-state index in [1.807, 2.05) is 32.0 Å². The van der Waals surface area contributed by atoms with Gasteiger partial charge in [-0.1, -0.05) is 18.2 Å². The zero-order chi connectivity index (χ0) is 15.2. The Kier molecular flexibility index (Phi) is 4.72. The fraction of sp³-hybridized carbons (Fsp3) is 0.176. The molecular weight excluding hydrogens is 266 g/mol. The Morgan fingerprint density at radius 3 is 2.48 bits per heavy atom. The van der Waals surface area contributed by atoms with Gasteiger partial charge >= 0.3 is 0 Å². The second-order valence-corrected chi connectivity index (χ2v) is 4.87. The molecule has 0 aliphatic rings. The Hall–Kier alpha value is -2.62. The largest absolute Gasteiger partial charge is 0.483 e. The van der Waals surface area contributed by atoms with Crippen LogP contribution in [-0.4, -0.2) is 18.8 Å². The number of rotatable bonds is 5. The molecule has 1 N–H and O–H groups in total. The van der Waals surface area contributed by atoms with Crippen LogP contribution in [0.5, 0.6) is 5.75 Å². The van der Waals surface area contributed by atoms with Crippen LogP contribution in [0.3, 0.4) is 0 Å². The summed E-state index contributed by atoms with van der Waals surface area (Å²) in [5.41, 5.74) is 3.33. The van der Waals surface area contributed by atoms with Crippen molar-refractivity contribution in [3.05, 3.63) is 59.2 Å². The number of nitrogens with one attached hydrogen (secondary N) is 1. The van der Waals surface area contributed by atoms with E-state index in [4.69, 9.17) is 4.74 Å². The van der Waals surface area contributed by atoms with Crippen molar-refractivity contribution in [1.29, 1.82) is 0 Å². The number of carbonyl (C=O) groups is 2. The second kappa shape index (κ2) is 6.70. The van der Waals surface area contributed by atoms with E-state index >= 15 is 0 Å². The maximum absolute atomic E-state index is 11.9. The smallest absolute Gasteiger partial charge is 0.262 e. The van der Waals surface area contributed by atoms with E-state index in [0.29, 0.717) is 17.6 Å². The van der Waals surface area contributed by atoms with Crippen LogP contribution in [0, 0.1) is 13.8 Å². The van der Waals surface area contributed by atoms with Crippen LogP contribution in [-0.2, 0) is 4.79 Å². The van der Waals surface area contributed by atoms with Gasteiger partial charge in [0.1, 0.15) is 5.75 Å². The Labute approximate surface area is 123 Å². The molecule has 0 aliphatic carbocycles. The van der Waals surface area contributed by atoms with Crippen molar-refractivity contribution < 1.29 is 14.3 Å². The van der Waals surface area contributed by atoms with Gasteiger partial charge in [0.05, 0.1) is 5.56 Å². The van der Waals surface area contributed by atoms with Crippen molar-refractivity contribution in [2.24, 2.45) is 0 Å². The quantitative estimate of drug-likeness (QED) is 0.858. The third-order valence-corrected chi connectivity index (χ3v) is 2.91. The van der Waals surface area contributed by atoms with E-state index in [1.165, 1.54) is 0 Å². The number of para-hydroxylation sites is 1. The van der Waals surface area contributed by atoms with Gasteiger partial charge in [-0.3, -0.25) is 9.59 Å². The van der Waals surface area contributed by atoms with E-state index in [2.05, 4.69) is 5.32 Å². The van der Waals surface area contributed by atoms with Gasteiger partial charge in [-0.2, -0.15) is 0 Å². The first-order valence-electron chi connectivity index (χ1n) is 6.63. The SMILES string of the molecule is Cc1cc(C)cc(NC(=O)COc2ccccc2C=O)c1. The highest BCUT2D eigenvalue weighted by Gasteiger charge is 2.07. The molecule has 0 radical (unpaired) electrons. The van der Waals surface area contributed by atoms with Crippen molar-refractivity contribution in [1.82, 2.24) is 0 Å². The Balaban J connectivity index is 1.97. The molecule has 0 aliphatic heterocycles. The van der Waals surface area contributed by atoms with Crippen LogP contribution in [0.2, 0.25) is 0 Å². The molecule has 108 valence electrons. The Bertz CT molecular complexity index is 645. The topological polar surface area (TPSA) is 55.4 Å². The van der Waals surface area contributed by atoms with Crippen molar-refractivity contribution in [3.8, 4) is 5.75 Å². The highest BCUT2D eigenvalue weighted by molar-refractivity contribution is 5.92. The molecule has 2 aromatic carbocycles. The summed E-state index contributed by atoms with van der Waals surface area (Å²) in [5.74, 6) is 0.142. The minimum Gasteiger partial charge on any atom is -0.483 e. The first-order valence-corrected chi connectivity index (χ1v) is 6.63. The molecule has 21 heavy (non-hydrogen) atoms. The second-order valence-electron chi connectivity index (χ2n) is 4.87. The van der Waals surface area contributed by atoms with Gasteiger partial charge < -0.3 is 10.1 Å². The number of aldehydes is 1. The number of hydrogen-bond acceptors (Lipinski definition) is 3. The van der Waals surface area contributed by atoms with E-state index in [1.54, 1.807) is 24.3 Å². The third kappa shape index (κ3) is 4.18. The number of benzene rings is 2. The molecule has 0 saturated carbocycles. The number of hydrogen-bond donors (Lipinski definition) is 1. The monoisotopic (exact) mass is 283 g/mol. The predicted molar refractivity (Wildman–Crippen MR) is 81.9 cm³/mol. The Morgan fingerprint density at radius 2 is 1.81 bits per heavy atom. The fourth-order valence-corrected chi connectivity index (χ4v) is 2.10. The molecule has 2 aromatic rings. The molecular formula is C17H17NO3. The average Bonchev–Trinajstić information content (AvgIpc) is 2.44. The number of anilines is 1. The standard InChI is InChI=1S/C17H17NO3/c1-12-7-13(2)9-15(8-12)18-17(20)11-21-16-6-4-3-5-14(16)10-19/h3-10H,11H2,1-2H3,(H,18,20). The summed E-state index contributed by atoms with van der Waals surface area (Å²) < 4.78 is 5.38. The van der Waals surface area contributed by atoms with Crippen LogP contribution in [0.4, 0.5) is 5.69 Å². The molecule has 0 saturated heterocycles. The van der Waals surface area contributed by atoms with Crippen LogP contribution >= 0.6 is 0 Å². The maximum atomic E-state index is 11.9. The summed E-state index contributed by atoms with van der Waals surface area (Å²) in [7, 11) is 0. The summed E-state index contributed by atoms with van der Waals surface area (Å²) in [6.07, 6.45) is 0.706. The lowest BCUT2D eigenvalue weighted by Crippen LogP contribution is -2.20. The third-order valence-electron chi connectivity index (χ3n) is 2.91. The van der Waals surface area contributed by atoms with Gasteiger partial charge in [-0.15, -0.1) is 0 Å². The molecule has 4 heteroatoms. The van der Waals surface area contributed by atoms with Crippen molar-refractivity contribution >= 4 is 17.9 Å². The van der Waals surface area contributed by atoms with E-state index in [9.17, 15) is 9.59 Å². The van der Waals surface area contributed by atoms with E-state index in [-0.39, 0.29) is 12.5 Å². The van der Waals surface area contributed by atoms with Crippen molar-refractivity contribution in [2.45, 2.75) is 13.8 Å². The molecule has 1 amide bonds. The van der Waals surface area contributed by atoms with Crippen LogP contribution in [0.25, 0.3) is 0 Å². The maximum Gasteiger partial charge on any atom is 0.262 e. The van der Waals surface area contributed by atoms with Gasteiger partial charge in [0.15, 0.2) is 12.9 Å². The Morgan fingerprint density at radius 1 is 1.14 bits per heavy atom. The minimum absolute atomic E-state index is 0.141. The molecule has 4 nitrogen and oxygen atoms in total. The van der Waals surface area contributed by atoms with Gasteiger partial charge in [-0.05, 0) is 49.2 Å². The average molecular weight is 283 g/mol. The highest BCUT2D eigenvalue weighted by Crippen LogP contribution is 2.16. The number of aryl methyl sites for hydroxylation is 2. The molecule has 0 fully saturated rings. The molecule has 2 rings (SSSR count). The van der Waals surface area contributed by atoms with E-state index in [0.717, 1.165) is 16.8 Å². The molecule has 0 heterocycles. The van der Waals surface area contributed by atoms with Crippen molar-refractivity contribution in [2.75, 3.05) is 11.9 Å². The van der Waals surface area contributed by atoms with Gasteiger partial charge in [0, 0.05) is 5.69 Å². The fourth-order valence-electron chi connectivity index (χ4n) is 2.10. The lowest BCUT2D eigenvalue weighted by Gasteiger charge is -2.10. The van der Waals surface area contributed by atoms with Crippen LogP contribution < -0.4 is 10.1 Å². The summed E-state index contributed by atoms with van der Waals surface area (Å²) in [4.78, 5) is 22.7. The first-order chi connectivity index (χ1) is 10.1. The van der Waals surface area contributed by atoms with Gasteiger partial charge in [-0.25, -0.2) is 0 Å². The lowest BCUT2D eigenvalue weighted by atomic mass is 10.1. The molecule has 0 unspecified atom stereocenters. The molecule has 0 spiro atoms. The van der Waals surface area contributed by atoms with Crippen LogP contribution in [0.15, 0.2) is 42.5 Å².